The largest absolute Gasteiger partial charge is 0.429 e. The molecule has 1 fully saturated rings. The first-order valence-electron chi connectivity index (χ1n) is 4.71. The molecule has 0 radical (unpaired) electrons. The van der Waals surface area contributed by atoms with Gasteiger partial charge in [0.15, 0.2) is 0 Å². The van der Waals surface area contributed by atoms with Gasteiger partial charge in [-0.15, -0.1) is 0 Å². The van der Waals surface area contributed by atoms with Crippen LogP contribution in [0.2, 0.25) is 6.32 Å². The standard InChI is InChI=1S/C9H20BNO/c1-8(2)6-10(7-11-5)12-9(8,3)4/h11H,6-7H2,1-5H3. The van der Waals surface area contributed by atoms with Crippen LogP contribution < -0.4 is 5.32 Å². The van der Waals surface area contributed by atoms with Crippen molar-refractivity contribution in [3.8, 4) is 0 Å². The average molecular weight is 169 g/mol. The van der Waals surface area contributed by atoms with Gasteiger partial charge in [0.25, 0.3) is 0 Å². The molecule has 0 saturated carbocycles. The predicted octanol–water partition coefficient (Wildman–Crippen LogP) is 1.57. The maximum Gasteiger partial charge on any atom is 0.308 e. The third-order valence-electron chi connectivity index (χ3n) is 3.26. The van der Waals surface area contributed by atoms with Gasteiger partial charge in [-0.2, -0.15) is 0 Å². The Hall–Kier alpha value is -0.0151. The molecule has 1 N–H and O–H groups in total. The first-order chi connectivity index (χ1) is 5.39. The molecule has 1 saturated heterocycles. The zero-order valence-electron chi connectivity index (χ0n) is 8.90. The molecule has 1 heterocycles. The van der Waals surface area contributed by atoms with E-state index in [2.05, 4.69) is 33.0 Å². The quantitative estimate of drug-likeness (QED) is 0.633. The summed E-state index contributed by atoms with van der Waals surface area (Å²) in [5.74, 6) is 0. The van der Waals surface area contributed by atoms with Gasteiger partial charge in [0.1, 0.15) is 0 Å². The van der Waals surface area contributed by atoms with Gasteiger partial charge in [0, 0.05) is 6.44 Å². The molecule has 1 rings (SSSR count). The molecule has 0 aromatic heterocycles. The Labute approximate surface area is 76.2 Å². The molecule has 0 aromatic rings. The molecular formula is C9H20BNO. The van der Waals surface area contributed by atoms with Crippen LogP contribution in [0.15, 0.2) is 0 Å². The van der Waals surface area contributed by atoms with Gasteiger partial charge < -0.3 is 9.97 Å². The molecule has 0 bridgehead atoms. The molecule has 0 aromatic carbocycles. The molecule has 1 aliphatic rings. The lowest BCUT2D eigenvalue weighted by Crippen LogP contribution is -2.35. The summed E-state index contributed by atoms with van der Waals surface area (Å²) in [5.41, 5.74) is 0.322. The molecule has 70 valence electrons. The molecule has 0 atom stereocenters. The lowest BCUT2D eigenvalue weighted by atomic mass is 9.58. The number of hydrogen-bond donors (Lipinski definition) is 1. The summed E-state index contributed by atoms with van der Waals surface area (Å²) < 4.78 is 5.94. The smallest absolute Gasteiger partial charge is 0.308 e. The lowest BCUT2D eigenvalue weighted by molar-refractivity contribution is 0.0361. The molecular weight excluding hydrogens is 149 g/mol. The van der Waals surface area contributed by atoms with Gasteiger partial charge in [-0.05, 0) is 32.6 Å². The molecule has 0 amide bonds. The van der Waals surface area contributed by atoms with Crippen LogP contribution >= 0.6 is 0 Å². The zero-order valence-corrected chi connectivity index (χ0v) is 8.90. The van der Waals surface area contributed by atoms with Crippen LogP contribution in [-0.4, -0.2) is 26.0 Å². The van der Waals surface area contributed by atoms with Crippen LogP contribution in [0.25, 0.3) is 0 Å². The van der Waals surface area contributed by atoms with Crippen molar-refractivity contribution in [1.29, 1.82) is 0 Å². The van der Waals surface area contributed by atoms with E-state index in [0.717, 1.165) is 12.8 Å². The van der Waals surface area contributed by atoms with Gasteiger partial charge in [-0.1, -0.05) is 13.8 Å². The first kappa shape index (κ1) is 10.1. The predicted molar refractivity (Wildman–Crippen MR) is 53.4 cm³/mol. The summed E-state index contributed by atoms with van der Waals surface area (Å²) in [7, 11) is 1.97. The Morgan fingerprint density at radius 2 is 1.92 bits per heavy atom. The van der Waals surface area contributed by atoms with Gasteiger partial charge in [0.05, 0.1) is 5.60 Å². The van der Waals surface area contributed by atoms with Gasteiger partial charge >= 0.3 is 6.92 Å². The van der Waals surface area contributed by atoms with Crippen LogP contribution in [0.3, 0.4) is 0 Å². The van der Waals surface area contributed by atoms with E-state index in [9.17, 15) is 0 Å². The lowest BCUT2D eigenvalue weighted by Gasteiger charge is -2.34. The number of nitrogens with one attached hydrogen (secondary N) is 1. The molecule has 2 nitrogen and oxygen atoms in total. The Morgan fingerprint density at radius 1 is 1.33 bits per heavy atom. The second-order valence-electron chi connectivity index (χ2n) is 4.90. The molecule has 0 aliphatic carbocycles. The minimum absolute atomic E-state index is 0.0223. The summed E-state index contributed by atoms with van der Waals surface area (Å²) in [5, 5.41) is 3.16. The number of hydrogen-bond acceptors (Lipinski definition) is 2. The summed E-state index contributed by atoms with van der Waals surface area (Å²) >= 11 is 0. The van der Waals surface area contributed by atoms with Gasteiger partial charge in [-0.25, -0.2) is 0 Å². The highest BCUT2D eigenvalue weighted by atomic mass is 16.5. The molecule has 1 aliphatic heterocycles. The fraction of sp³-hybridized carbons (Fsp3) is 1.00. The van der Waals surface area contributed by atoms with Crippen molar-refractivity contribution in [2.45, 2.75) is 39.6 Å². The van der Waals surface area contributed by atoms with Crippen LogP contribution in [-0.2, 0) is 4.65 Å². The van der Waals surface area contributed by atoms with E-state index in [-0.39, 0.29) is 5.60 Å². The fourth-order valence-corrected chi connectivity index (χ4v) is 1.77. The van der Waals surface area contributed by atoms with Crippen molar-refractivity contribution in [1.82, 2.24) is 5.32 Å². The van der Waals surface area contributed by atoms with E-state index in [0.29, 0.717) is 12.3 Å². The normalized spacial score (nSPS) is 26.2. The van der Waals surface area contributed by atoms with E-state index in [1.54, 1.807) is 0 Å². The van der Waals surface area contributed by atoms with Crippen molar-refractivity contribution in [3.63, 3.8) is 0 Å². The third-order valence-corrected chi connectivity index (χ3v) is 3.26. The van der Waals surface area contributed by atoms with E-state index < -0.39 is 0 Å². The number of rotatable bonds is 2. The summed E-state index contributed by atoms with van der Waals surface area (Å²) in [6, 6.07) is 0. The highest BCUT2D eigenvalue weighted by Gasteiger charge is 2.48. The minimum atomic E-state index is 0.0223. The first-order valence-corrected chi connectivity index (χ1v) is 4.71. The van der Waals surface area contributed by atoms with Crippen LogP contribution in [0.4, 0.5) is 0 Å². The summed E-state index contributed by atoms with van der Waals surface area (Å²) in [6.07, 6.45) is 2.12. The minimum Gasteiger partial charge on any atom is -0.429 e. The maximum absolute atomic E-state index is 5.94. The second-order valence-corrected chi connectivity index (χ2v) is 4.90. The molecule has 0 spiro atoms. The van der Waals surface area contributed by atoms with Crippen LogP contribution in [0.1, 0.15) is 27.7 Å². The van der Waals surface area contributed by atoms with E-state index >= 15 is 0 Å². The Bertz CT molecular complexity index is 152. The van der Waals surface area contributed by atoms with Gasteiger partial charge in [-0.3, -0.25) is 0 Å². The van der Waals surface area contributed by atoms with Gasteiger partial charge in [0.2, 0.25) is 0 Å². The van der Waals surface area contributed by atoms with Crippen LogP contribution in [0, 0.1) is 5.41 Å². The van der Waals surface area contributed by atoms with E-state index in [1.807, 2.05) is 7.05 Å². The van der Waals surface area contributed by atoms with Crippen molar-refractivity contribution in [3.05, 3.63) is 0 Å². The third kappa shape index (κ3) is 1.67. The van der Waals surface area contributed by atoms with Crippen molar-refractivity contribution >= 4 is 6.92 Å². The Kier molecular flexibility index (Phi) is 2.55. The molecule has 0 unspecified atom stereocenters. The second kappa shape index (κ2) is 3.04. The van der Waals surface area contributed by atoms with E-state index in [1.165, 1.54) is 0 Å². The summed E-state index contributed by atoms with van der Waals surface area (Å²) in [6.45, 7) is 9.32. The van der Waals surface area contributed by atoms with Crippen molar-refractivity contribution < 1.29 is 4.65 Å². The highest BCUT2D eigenvalue weighted by molar-refractivity contribution is 6.53. The van der Waals surface area contributed by atoms with Crippen LogP contribution in [0.5, 0.6) is 0 Å². The fourth-order valence-electron chi connectivity index (χ4n) is 1.77. The van der Waals surface area contributed by atoms with Crippen molar-refractivity contribution in [2.75, 3.05) is 13.5 Å². The SMILES string of the molecule is CNCB1CC(C)(C)C(C)(C)O1. The Morgan fingerprint density at radius 3 is 2.25 bits per heavy atom. The molecule has 3 heteroatoms. The Balaban J connectivity index is 2.61. The maximum atomic E-state index is 5.94. The summed E-state index contributed by atoms with van der Waals surface area (Å²) in [4.78, 5) is 0. The van der Waals surface area contributed by atoms with E-state index in [4.69, 9.17) is 4.65 Å². The average Bonchev–Trinajstić information content (AvgIpc) is 2.02. The van der Waals surface area contributed by atoms with Crippen molar-refractivity contribution in [2.24, 2.45) is 5.41 Å². The zero-order chi connectivity index (χ0) is 9.41. The highest BCUT2D eigenvalue weighted by Crippen LogP contribution is 2.44. The topological polar surface area (TPSA) is 21.3 Å². The molecule has 12 heavy (non-hydrogen) atoms. The monoisotopic (exact) mass is 169 g/mol.